The molecular weight excluding hydrogens is 242 g/mol. The van der Waals surface area contributed by atoms with Crippen molar-refractivity contribution in [2.24, 2.45) is 5.92 Å². The van der Waals surface area contributed by atoms with Gasteiger partial charge in [-0.25, -0.2) is 4.98 Å². The topological polar surface area (TPSA) is 80.5 Å². The molecule has 0 atom stereocenters. The molecule has 0 saturated heterocycles. The highest BCUT2D eigenvalue weighted by atomic mass is 15.3. The summed E-state index contributed by atoms with van der Waals surface area (Å²) in [5.74, 6) is 2.48. The van der Waals surface area contributed by atoms with Crippen LogP contribution in [0.1, 0.15) is 19.3 Å². The van der Waals surface area contributed by atoms with Crippen molar-refractivity contribution in [3.8, 4) is 5.95 Å². The summed E-state index contributed by atoms with van der Waals surface area (Å²) in [6.07, 6.45) is 9.11. The number of nitrogens with one attached hydrogen (secondary N) is 2. The minimum Gasteiger partial charge on any atom is -0.357 e. The minimum absolute atomic E-state index is 0.551. The molecule has 0 unspecified atom stereocenters. The lowest BCUT2D eigenvalue weighted by Crippen LogP contribution is -2.22. The van der Waals surface area contributed by atoms with Crippen LogP contribution < -0.4 is 10.6 Å². The summed E-state index contributed by atoms with van der Waals surface area (Å²) in [7, 11) is 1.79. The summed E-state index contributed by atoms with van der Waals surface area (Å²) in [4.78, 5) is 17.0. The zero-order valence-corrected chi connectivity index (χ0v) is 10.9. The van der Waals surface area contributed by atoms with Crippen molar-refractivity contribution >= 4 is 11.9 Å². The lowest BCUT2D eigenvalue weighted by molar-refractivity contribution is 0.333. The van der Waals surface area contributed by atoms with Crippen molar-refractivity contribution in [1.82, 2.24) is 24.5 Å². The standard InChI is InChI=1S/C12H17N7/c1-13-10-16-11(15-7-9-3-2-4-9)18-12(17-10)19-6-5-14-8-19/h5-6,8-9H,2-4,7H2,1H3,(H2,13,15,16,17,18). The van der Waals surface area contributed by atoms with Crippen LogP contribution in [-0.2, 0) is 0 Å². The maximum atomic E-state index is 4.40. The lowest BCUT2D eigenvalue weighted by Gasteiger charge is -2.25. The molecule has 1 fully saturated rings. The zero-order valence-electron chi connectivity index (χ0n) is 10.9. The number of imidazole rings is 1. The highest BCUT2D eigenvalue weighted by Crippen LogP contribution is 2.26. The second-order valence-corrected chi connectivity index (χ2v) is 4.68. The smallest absolute Gasteiger partial charge is 0.241 e. The molecule has 0 aliphatic heterocycles. The Kier molecular flexibility index (Phi) is 3.26. The average molecular weight is 259 g/mol. The lowest BCUT2D eigenvalue weighted by atomic mass is 9.85. The fourth-order valence-corrected chi connectivity index (χ4v) is 1.98. The molecule has 1 aliphatic rings. The summed E-state index contributed by atoms with van der Waals surface area (Å²) in [6, 6.07) is 0. The van der Waals surface area contributed by atoms with Crippen molar-refractivity contribution < 1.29 is 0 Å². The van der Waals surface area contributed by atoms with E-state index in [-0.39, 0.29) is 0 Å². The molecule has 0 amide bonds. The van der Waals surface area contributed by atoms with Gasteiger partial charge in [-0.15, -0.1) is 0 Å². The molecule has 3 rings (SSSR count). The Morgan fingerprint density at radius 3 is 2.74 bits per heavy atom. The van der Waals surface area contributed by atoms with Crippen LogP contribution in [0.15, 0.2) is 18.7 Å². The molecular formula is C12H17N7. The van der Waals surface area contributed by atoms with E-state index in [0.29, 0.717) is 17.8 Å². The SMILES string of the molecule is CNc1nc(NCC2CCC2)nc(-n2ccnc2)n1. The molecule has 1 saturated carbocycles. The molecule has 100 valence electrons. The Hall–Kier alpha value is -2.18. The van der Waals surface area contributed by atoms with Crippen LogP contribution >= 0.6 is 0 Å². The van der Waals surface area contributed by atoms with Gasteiger partial charge in [0.15, 0.2) is 0 Å². The molecule has 0 radical (unpaired) electrons. The van der Waals surface area contributed by atoms with Gasteiger partial charge >= 0.3 is 0 Å². The summed E-state index contributed by atoms with van der Waals surface area (Å²) in [5, 5.41) is 6.24. The Bertz CT molecular complexity index is 533. The second kappa shape index (κ2) is 5.21. The number of anilines is 2. The molecule has 2 aromatic heterocycles. The monoisotopic (exact) mass is 259 g/mol. The Morgan fingerprint density at radius 1 is 1.26 bits per heavy atom. The fourth-order valence-electron chi connectivity index (χ4n) is 1.98. The predicted molar refractivity (Wildman–Crippen MR) is 72.3 cm³/mol. The summed E-state index contributed by atoms with van der Waals surface area (Å²) >= 11 is 0. The number of aromatic nitrogens is 5. The van der Waals surface area contributed by atoms with Gasteiger partial charge in [-0.05, 0) is 18.8 Å². The van der Waals surface area contributed by atoms with E-state index < -0.39 is 0 Å². The summed E-state index contributed by atoms with van der Waals surface area (Å²) < 4.78 is 1.76. The molecule has 7 heteroatoms. The van der Waals surface area contributed by atoms with Crippen LogP contribution in [0.4, 0.5) is 11.9 Å². The van der Waals surface area contributed by atoms with Crippen LogP contribution in [0.3, 0.4) is 0 Å². The van der Waals surface area contributed by atoms with Crippen LogP contribution in [0, 0.1) is 5.92 Å². The third kappa shape index (κ3) is 2.64. The summed E-state index contributed by atoms with van der Waals surface area (Å²) in [5.41, 5.74) is 0. The third-order valence-corrected chi connectivity index (χ3v) is 3.36. The number of hydrogen-bond donors (Lipinski definition) is 2. The fraction of sp³-hybridized carbons (Fsp3) is 0.500. The first-order valence-electron chi connectivity index (χ1n) is 6.51. The van der Waals surface area contributed by atoms with Crippen molar-refractivity contribution in [3.63, 3.8) is 0 Å². The first-order valence-corrected chi connectivity index (χ1v) is 6.51. The first-order chi connectivity index (χ1) is 9.35. The van der Waals surface area contributed by atoms with Crippen molar-refractivity contribution in [2.45, 2.75) is 19.3 Å². The van der Waals surface area contributed by atoms with Crippen LogP contribution in [0.25, 0.3) is 5.95 Å². The van der Waals surface area contributed by atoms with Gasteiger partial charge in [0.1, 0.15) is 6.33 Å². The quantitative estimate of drug-likeness (QED) is 0.842. The van der Waals surface area contributed by atoms with E-state index in [1.165, 1.54) is 19.3 Å². The van der Waals surface area contributed by atoms with E-state index >= 15 is 0 Å². The maximum absolute atomic E-state index is 4.40. The van der Waals surface area contributed by atoms with E-state index in [9.17, 15) is 0 Å². The van der Waals surface area contributed by atoms with Crippen LogP contribution in [0.2, 0.25) is 0 Å². The molecule has 0 spiro atoms. The first kappa shape index (κ1) is 11.9. The van der Waals surface area contributed by atoms with Crippen molar-refractivity contribution in [3.05, 3.63) is 18.7 Å². The molecule has 7 nitrogen and oxygen atoms in total. The zero-order chi connectivity index (χ0) is 13.1. The van der Waals surface area contributed by atoms with Gasteiger partial charge in [0.05, 0.1) is 0 Å². The molecule has 19 heavy (non-hydrogen) atoms. The minimum atomic E-state index is 0.551. The van der Waals surface area contributed by atoms with E-state index in [2.05, 4.69) is 30.6 Å². The number of hydrogen-bond acceptors (Lipinski definition) is 6. The van der Waals surface area contributed by atoms with E-state index in [1.54, 1.807) is 24.1 Å². The molecule has 2 aromatic rings. The van der Waals surface area contributed by atoms with Crippen molar-refractivity contribution in [1.29, 1.82) is 0 Å². The average Bonchev–Trinajstić information content (AvgIpc) is 2.90. The van der Waals surface area contributed by atoms with E-state index in [0.717, 1.165) is 12.5 Å². The Labute approximate surface area is 111 Å². The molecule has 1 aliphatic carbocycles. The van der Waals surface area contributed by atoms with Crippen LogP contribution in [0.5, 0.6) is 0 Å². The second-order valence-electron chi connectivity index (χ2n) is 4.68. The normalized spacial score (nSPS) is 15.0. The predicted octanol–water partition coefficient (Wildman–Crippen LogP) is 1.31. The number of rotatable bonds is 5. The highest BCUT2D eigenvalue weighted by Gasteiger charge is 2.17. The van der Waals surface area contributed by atoms with Gasteiger partial charge in [0.25, 0.3) is 0 Å². The maximum Gasteiger partial charge on any atom is 0.241 e. The Morgan fingerprint density at radius 2 is 2.11 bits per heavy atom. The summed E-state index contributed by atoms with van der Waals surface area (Å²) in [6.45, 7) is 0.927. The van der Waals surface area contributed by atoms with Gasteiger partial charge in [0, 0.05) is 26.0 Å². The third-order valence-electron chi connectivity index (χ3n) is 3.36. The van der Waals surface area contributed by atoms with Gasteiger partial charge in [-0.3, -0.25) is 4.57 Å². The van der Waals surface area contributed by atoms with Gasteiger partial charge in [-0.2, -0.15) is 15.0 Å². The van der Waals surface area contributed by atoms with Crippen molar-refractivity contribution in [2.75, 3.05) is 24.2 Å². The molecule has 2 heterocycles. The van der Waals surface area contributed by atoms with Gasteiger partial charge < -0.3 is 10.6 Å². The van der Waals surface area contributed by atoms with E-state index in [4.69, 9.17) is 0 Å². The van der Waals surface area contributed by atoms with E-state index in [1.807, 2.05) is 6.20 Å². The number of nitrogens with zero attached hydrogens (tertiary/aromatic N) is 5. The largest absolute Gasteiger partial charge is 0.357 e. The van der Waals surface area contributed by atoms with Gasteiger partial charge in [-0.1, -0.05) is 6.42 Å². The Balaban J connectivity index is 1.80. The molecule has 0 aromatic carbocycles. The van der Waals surface area contributed by atoms with Crippen LogP contribution in [-0.4, -0.2) is 38.1 Å². The molecule has 2 N–H and O–H groups in total. The molecule has 0 bridgehead atoms. The van der Waals surface area contributed by atoms with Gasteiger partial charge in [0.2, 0.25) is 17.8 Å². The highest BCUT2D eigenvalue weighted by molar-refractivity contribution is 5.37.